The first kappa shape index (κ1) is 20.2. The van der Waals surface area contributed by atoms with Crippen molar-refractivity contribution in [2.24, 2.45) is 0 Å². The highest BCUT2D eigenvalue weighted by molar-refractivity contribution is 5.95. The Bertz CT molecular complexity index is 637. The second-order valence-electron chi connectivity index (χ2n) is 4.87. The van der Waals surface area contributed by atoms with Gasteiger partial charge in [-0.3, -0.25) is 4.79 Å². The van der Waals surface area contributed by atoms with E-state index in [0.29, 0.717) is 37.1 Å². The molecule has 0 bridgehead atoms. The van der Waals surface area contributed by atoms with Crippen LogP contribution in [-0.4, -0.2) is 36.7 Å². The minimum atomic E-state index is -0.325. The number of benzene rings is 1. The van der Waals surface area contributed by atoms with Crippen LogP contribution in [0.25, 0.3) is 0 Å². The van der Waals surface area contributed by atoms with Crippen molar-refractivity contribution in [1.29, 1.82) is 0 Å². The van der Waals surface area contributed by atoms with E-state index in [1.807, 2.05) is 30.3 Å². The number of pyridine rings is 1. The maximum absolute atomic E-state index is 12.1. The van der Waals surface area contributed by atoms with E-state index in [0.717, 1.165) is 0 Å². The number of nitrogens with zero attached hydrogens (tertiary/aromatic N) is 1. The molecule has 1 aromatic carbocycles. The van der Waals surface area contributed by atoms with Crippen LogP contribution in [0.15, 0.2) is 48.7 Å². The van der Waals surface area contributed by atoms with Crippen molar-refractivity contribution in [1.82, 2.24) is 10.3 Å². The van der Waals surface area contributed by atoms with E-state index in [-0.39, 0.29) is 36.8 Å². The lowest BCUT2D eigenvalue weighted by molar-refractivity contribution is -0.120. The van der Waals surface area contributed by atoms with Gasteiger partial charge in [0.15, 0.2) is 0 Å². The summed E-state index contributed by atoms with van der Waals surface area (Å²) >= 11 is 0. The van der Waals surface area contributed by atoms with Crippen LogP contribution in [0.4, 0.5) is 5.69 Å². The Hall–Kier alpha value is -1.86. The number of rotatable bonds is 4. The number of morpholine rings is 1. The fourth-order valence-corrected chi connectivity index (χ4v) is 2.13. The molecule has 1 aliphatic heterocycles. The van der Waals surface area contributed by atoms with Crippen LogP contribution in [0.1, 0.15) is 0 Å². The van der Waals surface area contributed by atoms with Crippen LogP contribution in [0.3, 0.4) is 0 Å². The maximum atomic E-state index is 12.1. The highest BCUT2D eigenvalue weighted by atomic mass is 35.5. The molecule has 1 fully saturated rings. The summed E-state index contributed by atoms with van der Waals surface area (Å²) in [4.78, 5) is 16.2. The normalized spacial score (nSPS) is 16.2. The van der Waals surface area contributed by atoms with E-state index in [1.54, 1.807) is 18.3 Å². The van der Waals surface area contributed by atoms with Crippen LogP contribution in [0.5, 0.6) is 11.6 Å². The Balaban J connectivity index is 0.00000144. The Morgan fingerprint density at radius 1 is 1.25 bits per heavy atom. The van der Waals surface area contributed by atoms with Crippen molar-refractivity contribution < 1.29 is 14.3 Å². The summed E-state index contributed by atoms with van der Waals surface area (Å²) in [7, 11) is 0. The second kappa shape index (κ2) is 10.1. The summed E-state index contributed by atoms with van der Waals surface area (Å²) in [5.41, 5.74) is 0.672. The van der Waals surface area contributed by atoms with Gasteiger partial charge in [0, 0.05) is 30.6 Å². The third kappa shape index (κ3) is 5.65. The quantitative estimate of drug-likeness (QED) is 0.864. The Morgan fingerprint density at radius 3 is 2.83 bits per heavy atom. The standard InChI is InChI=1S/C16H17N3O3.2ClH/c20-16(14-11-21-9-8-17-14)19-12-4-3-5-13(10-12)22-15-6-1-2-7-18-15;;/h1-7,10,14,17H,8-9,11H2,(H,19,20);2*1H. The molecule has 1 aliphatic rings. The SMILES string of the molecule is Cl.Cl.O=C(Nc1cccc(Oc2ccccn2)c1)C1COCCN1. The van der Waals surface area contributed by atoms with Gasteiger partial charge >= 0.3 is 0 Å². The van der Waals surface area contributed by atoms with Gasteiger partial charge in [-0.15, -0.1) is 24.8 Å². The molecule has 0 spiro atoms. The number of hydrogen-bond acceptors (Lipinski definition) is 5. The molecule has 3 rings (SSSR count). The minimum absolute atomic E-state index is 0. The first-order chi connectivity index (χ1) is 10.8. The molecule has 6 nitrogen and oxygen atoms in total. The molecule has 0 aliphatic carbocycles. The molecule has 1 amide bonds. The van der Waals surface area contributed by atoms with Crippen molar-refractivity contribution >= 4 is 36.4 Å². The number of aromatic nitrogens is 1. The topological polar surface area (TPSA) is 72.5 Å². The molecule has 2 heterocycles. The summed E-state index contributed by atoms with van der Waals surface area (Å²) in [6, 6.07) is 12.3. The molecule has 130 valence electrons. The highest BCUT2D eigenvalue weighted by Crippen LogP contribution is 2.22. The minimum Gasteiger partial charge on any atom is -0.439 e. The van der Waals surface area contributed by atoms with E-state index in [4.69, 9.17) is 9.47 Å². The summed E-state index contributed by atoms with van der Waals surface area (Å²) in [6.45, 7) is 1.70. The first-order valence-corrected chi connectivity index (χ1v) is 7.12. The molecule has 2 N–H and O–H groups in total. The number of anilines is 1. The van der Waals surface area contributed by atoms with Crippen LogP contribution in [0, 0.1) is 0 Å². The fraction of sp³-hybridized carbons (Fsp3) is 0.250. The van der Waals surface area contributed by atoms with Crippen molar-refractivity contribution in [3.8, 4) is 11.6 Å². The molecule has 0 radical (unpaired) electrons. The molecule has 0 saturated carbocycles. The largest absolute Gasteiger partial charge is 0.439 e. The van der Waals surface area contributed by atoms with Gasteiger partial charge in [0.05, 0.1) is 13.2 Å². The molecule has 1 aromatic heterocycles. The molecule has 8 heteroatoms. The van der Waals surface area contributed by atoms with E-state index in [1.165, 1.54) is 0 Å². The van der Waals surface area contributed by atoms with E-state index in [9.17, 15) is 4.79 Å². The van der Waals surface area contributed by atoms with Crippen molar-refractivity contribution in [2.45, 2.75) is 6.04 Å². The third-order valence-electron chi connectivity index (χ3n) is 3.20. The van der Waals surface area contributed by atoms with Crippen LogP contribution in [-0.2, 0) is 9.53 Å². The van der Waals surface area contributed by atoms with Crippen LogP contribution in [0.2, 0.25) is 0 Å². The number of carbonyl (C=O) groups excluding carboxylic acids is 1. The van der Waals surface area contributed by atoms with Gasteiger partial charge < -0.3 is 20.1 Å². The van der Waals surface area contributed by atoms with E-state index >= 15 is 0 Å². The molecule has 24 heavy (non-hydrogen) atoms. The van der Waals surface area contributed by atoms with Gasteiger partial charge in [-0.05, 0) is 18.2 Å². The molecule has 1 saturated heterocycles. The summed E-state index contributed by atoms with van der Waals surface area (Å²) < 4.78 is 10.9. The lowest BCUT2D eigenvalue weighted by Crippen LogP contribution is -2.48. The Labute approximate surface area is 152 Å². The molecule has 1 unspecified atom stereocenters. The van der Waals surface area contributed by atoms with Crippen molar-refractivity contribution in [2.75, 3.05) is 25.1 Å². The number of halogens is 2. The lowest BCUT2D eigenvalue weighted by Gasteiger charge is -2.22. The van der Waals surface area contributed by atoms with Gasteiger partial charge in [0.2, 0.25) is 11.8 Å². The predicted molar refractivity (Wildman–Crippen MR) is 96.5 cm³/mol. The molecular weight excluding hydrogens is 353 g/mol. The van der Waals surface area contributed by atoms with Gasteiger partial charge in [-0.25, -0.2) is 4.98 Å². The number of ether oxygens (including phenoxy) is 2. The summed E-state index contributed by atoms with van der Waals surface area (Å²) in [6.07, 6.45) is 1.66. The zero-order valence-electron chi connectivity index (χ0n) is 12.8. The van der Waals surface area contributed by atoms with Crippen molar-refractivity contribution in [3.63, 3.8) is 0 Å². The molecule has 2 aromatic rings. The van der Waals surface area contributed by atoms with Gasteiger partial charge in [-0.2, -0.15) is 0 Å². The number of nitrogens with one attached hydrogen (secondary N) is 2. The zero-order valence-corrected chi connectivity index (χ0v) is 14.4. The predicted octanol–water partition coefficient (Wildman–Crippen LogP) is 2.64. The average Bonchev–Trinajstić information content (AvgIpc) is 2.57. The Morgan fingerprint density at radius 2 is 2.12 bits per heavy atom. The Kier molecular flexibility index (Phi) is 8.49. The third-order valence-corrected chi connectivity index (χ3v) is 3.20. The van der Waals surface area contributed by atoms with Gasteiger partial charge in [0.1, 0.15) is 11.8 Å². The monoisotopic (exact) mass is 371 g/mol. The van der Waals surface area contributed by atoms with Crippen LogP contribution >= 0.6 is 24.8 Å². The summed E-state index contributed by atoms with van der Waals surface area (Å²) in [5.74, 6) is 1.01. The van der Waals surface area contributed by atoms with Gasteiger partial charge in [0.25, 0.3) is 0 Å². The van der Waals surface area contributed by atoms with Crippen LogP contribution < -0.4 is 15.4 Å². The van der Waals surface area contributed by atoms with Gasteiger partial charge in [-0.1, -0.05) is 12.1 Å². The van der Waals surface area contributed by atoms with E-state index in [2.05, 4.69) is 15.6 Å². The summed E-state index contributed by atoms with van der Waals surface area (Å²) in [5, 5.41) is 5.97. The molecule has 1 atom stereocenters. The smallest absolute Gasteiger partial charge is 0.243 e. The fourth-order valence-electron chi connectivity index (χ4n) is 2.13. The number of amides is 1. The number of hydrogen-bond donors (Lipinski definition) is 2. The average molecular weight is 372 g/mol. The highest BCUT2D eigenvalue weighted by Gasteiger charge is 2.21. The molecular formula is C16H19Cl2N3O3. The zero-order chi connectivity index (χ0) is 15.2. The maximum Gasteiger partial charge on any atom is 0.243 e. The number of carbonyl (C=O) groups is 1. The van der Waals surface area contributed by atoms with Crippen molar-refractivity contribution in [3.05, 3.63) is 48.7 Å². The lowest BCUT2D eigenvalue weighted by atomic mass is 10.2. The first-order valence-electron chi connectivity index (χ1n) is 7.12. The van der Waals surface area contributed by atoms with E-state index < -0.39 is 0 Å². The second-order valence-corrected chi connectivity index (χ2v) is 4.87.